The lowest BCUT2D eigenvalue weighted by Crippen LogP contribution is -2.39. The number of rotatable bonds is 7. The predicted octanol–water partition coefficient (Wildman–Crippen LogP) is 3.96. The summed E-state index contributed by atoms with van der Waals surface area (Å²) in [7, 11) is 0. The van der Waals surface area contributed by atoms with E-state index in [0.717, 1.165) is 16.0 Å². The van der Waals surface area contributed by atoms with Gasteiger partial charge in [-0.3, -0.25) is 9.59 Å². The first-order valence-corrected chi connectivity index (χ1v) is 9.08. The first-order valence-electron chi connectivity index (χ1n) is 7.88. The number of amides is 2. The zero-order valence-electron chi connectivity index (χ0n) is 14.3. The Morgan fingerprint density at radius 2 is 1.92 bits per heavy atom. The molecule has 1 aromatic heterocycles. The highest BCUT2D eigenvalue weighted by atomic mass is 35.5. The van der Waals surface area contributed by atoms with Gasteiger partial charge in [-0.25, -0.2) is 0 Å². The van der Waals surface area contributed by atoms with E-state index in [9.17, 15) is 9.59 Å². The Kier molecular flexibility index (Phi) is 6.79. The van der Waals surface area contributed by atoms with Crippen molar-refractivity contribution in [2.24, 2.45) is 0 Å². The molecule has 0 fully saturated rings. The lowest BCUT2D eigenvalue weighted by atomic mass is 10.1. The van der Waals surface area contributed by atoms with Crippen LogP contribution in [0.2, 0.25) is 4.34 Å². The third-order valence-corrected chi connectivity index (χ3v) is 4.78. The number of halogens is 1. The van der Waals surface area contributed by atoms with Gasteiger partial charge < -0.3 is 10.2 Å². The average Bonchev–Trinajstić information content (AvgIpc) is 2.96. The number of nitrogens with one attached hydrogen (secondary N) is 1. The van der Waals surface area contributed by atoms with E-state index in [1.165, 1.54) is 11.3 Å². The molecule has 6 heteroatoms. The lowest BCUT2D eigenvalue weighted by Gasteiger charge is -2.20. The van der Waals surface area contributed by atoms with Gasteiger partial charge in [0.1, 0.15) is 0 Å². The lowest BCUT2D eigenvalue weighted by molar-refractivity contribution is -0.130. The molecule has 0 radical (unpaired) electrons. The van der Waals surface area contributed by atoms with E-state index in [2.05, 4.69) is 11.9 Å². The molecule has 0 spiro atoms. The maximum Gasteiger partial charge on any atom is 0.251 e. The van der Waals surface area contributed by atoms with Gasteiger partial charge in [0.15, 0.2) is 0 Å². The molecule has 0 atom stereocenters. The summed E-state index contributed by atoms with van der Waals surface area (Å²) in [4.78, 5) is 27.4. The van der Waals surface area contributed by atoms with Crippen molar-refractivity contribution in [1.82, 2.24) is 10.2 Å². The van der Waals surface area contributed by atoms with Gasteiger partial charge >= 0.3 is 0 Å². The van der Waals surface area contributed by atoms with Crippen molar-refractivity contribution in [3.63, 3.8) is 0 Å². The van der Waals surface area contributed by atoms with E-state index in [1.54, 1.807) is 17.0 Å². The number of nitrogens with zero attached hydrogens (tertiary/aromatic N) is 1. The smallest absolute Gasteiger partial charge is 0.251 e. The monoisotopic (exact) mass is 376 g/mol. The van der Waals surface area contributed by atoms with Gasteiger partial charge in [0.25, 0.3) is 5.91 Å². The molecule has 0 saturated heterocycles. The zero-order chi connectivity index (χ0) is 18.4. The number of hydrogen-bond acceptors (Lipinski definition) is 3. The fraction of sp³-hybridized carbons (Fsp3) is 0.263. The normalized spacial score (nSPS) is 10.4. The van der Waals surface area contributed by atoms with Gasteiger partial charge in [0, 0.05) is 17.0 Å². The van der Waals surface area contributed by atoms with Crippen LogP contribution in [0.4, 0.5) is 0 Å². The Balaban J connectivity index is 1.97. The molecular formula is C19H21ClN2O2S. The predicted molar refractivity (Wildman–Crippen MR) is 103 cm³/mol. The second kappa shape index (κ2) is 8.83. The summed E-state index contributed by atoms with van der Waals surface area (Å²) in [6, 6.07) is 9.31. The summed E-state index contributed by atoms with van der Waals surface area (Å²) in [5.41, 5.74) is 2.59. The van der Waals surface area contributed by atoms with Crippen LogP contribution in [-0.4, -0.2) is 29.8 Å². The second-order valence-electron chi connectivity index (χ2n) is 5.83. The van der Waals surface area contributed by atoms with Crippen LogP contribution in [-0.2, 0) is 11.3 Å². The van der Waals surface area contributed by atoms with Crippen LogP contribution in [0.3, 0.4) is 0 Å². The first kappa shape index (κ1) is 19.2. The summed E-state index contributed by atoms with van der Waals surface area (Å²) in [6.45, 7) is 8.36. The second-order valence-corrected chi connectivity index (χ2v) is 7.63. The first-order chi connectivity index (χ1) is 11.9. The van der Waals surface area contributed by atoms with Gasteiger partial charge in [-0.15, -0.1) is 17.9 Å². The number of aryl methyl sites for hydroxylation is 2. The maximum absolute atomic E-state index is 12.4. The van der Waals surface area contributed by atoms with Crippen molar-refractivity contribution in [2.75, 3.05) is 13.1 Å². The van der Waals surface area contributed by atoms with Crippen LogP contribution >= 0.6 is 22.9 Å². The Bertz CT molecular complexity index is 765. The van der Waals surface area contributed by atoms with Crippen molar-refractivity contribution in [3.8, 4) is 0 Å². The highest BCUT2D eigenvalue weighted by Crippen LogP contribution is 2.22. The molecule has 4 nitrogen and oxygen atoms in total. The van der Waals surface area contributed by atoms with E-state index in [4.69, 9.17) is 11.6 Å². The van der Waals surface area contributed by atoms with Gasteiger partial charge in [0.05, 0.1) is 17.4 Å². The third-order valence-electron chi connectivity index (χ3n) is 3.56. The molecule has 25 heavy (non-hydrogen) atoms. The number of benzene rings is 1. The van der Waals surface area contributed by atoms with Gasteiger partial charge in [0.2, 0.25) is 5.91 Å². The van der Waals surface area contributed by atoms with E-state index >= 15 is 0 Å². The zero-order valence-corrected chi connectivity index (χ0v) is 15.9. The minimum Gasteiger partial charge on any atom is -0.343 e. The van der Waals surface area contributed by atoms with Crippen LogP contribution < -0.4 is 5.32 Å². The van der Waals surface area contributed by atoms with E-state index in [-0.39, 0.29) is 18.4 Å². The summed E-state index contributed by atoms with van der Waals surface area (Å²) in [5, 5.41) is 2.70. The van der Waals surface area contributed by atoms with Gasteiger partial charge in [-0.2, -0.15) is 0 Å². The molecule has 1 heterocycles. The van der Waals surface area contributed by atoms with Crippen molar-refractivity contribution in [1.29, 1.82) is 0 Å². The molecule has 0 bridgehead atoms. The summed E-state index contributed by atoms with van der Waals surface area (Å²) in [5.74, 6) is -0.417. The SMILES string of the molecule is C=CCN(Cc1ccc(Cl)s1)C(=O)CNC(=O)c1cc(C)cc(C)c1. The van der Waals surface area contributed by atoms with Crippen molar-refractivity contribution < 1.29 is 9.59 Å². The maximum atomic E-state index is 12.4. The van der Waals surface area contributed by atoms with Gasteiger partial charge in [-0.05, 0) is 38.1 Å². The van der Waals surface area contributed by atoms with Gasteiger partial charge in [-0.1, -0.05) is 34.9 Å². The Labute approximate surface area is 157 Å². The Morgan fingerprint density at radius 3 is 2.48 bits per heavy atom. The highest BCUT2D eigenvalue weighted by Gasteiger charge is 2.15. The minimum absolute atomic E-state index is 0.0568. The molecule has 0 saturated carbocycles. The molecule has 0 aliphatic carbocycles. The van der Waals surface area contributed by atoms with Crippen molar-refractivity contribution in [2.45, 2.75) is 20.4 Å². The van der Waals surface area contributed by atoms with Crippen molar-refractivity contribution >= 4 is 34.8 Å². The van der Waals surface area contributed by atoms with E-state index in [1.807, 2.05) is 38.1 Å². The summed E-state index contributed by atoms with van der Waals surface area (Å²) in [6.07, 6.45) is 1.67. The van der Waals surface area contributed by atoms with Crippen LogP contribution in [0.15, 0.2) is 43.0 Å². The molecule has 0 aliphatic rings. The molecule has 2 rings (SSSR count). The number of hydrogen-bond donors (Lipinski definition) is 1. The average molecular weight is 377 g/mol. The fourth-order valence-electron chi connectivity index (χ4n) is 2.51. The number of thiophene rings is 1. The minimum atomic E-state index is -0.252. The fourth-order valence-corrected chi connectivity index (χ4v) is 3.61. The van der Waals surface area contributed by atoms with Crippen LogP contribution in [0, 0.1) is 13.8 Å². The molecule has 1 aromatic carbocycles. The molecular weight excluding hydrogens is 356 g/mol. The Hall–Kier alpha value is -2.11. The summed E-state index contributed by atoms with van der Waals surface area (Å²) >= 11 is 7.37. The van der Waals surface area contributed by atoms with Crippen LogP contribution in [0.5, 0.6) is 0 Å². The quantitative estimate of drug-likeness (QED) is 0.743. The molecule has 132 valence electrons. The number of carbonyl (C=O) groups is 2. The Morgan fingerprint density at radius 1 is 1.24 bits per heavy atom. The highest BCUT2D eigenvalue weighted by molar-refractivity contribution is 7.16. The molecule has 2 aromatic rings. The topological polar surface area (TPSA) is 49.4 Å². The molecule has 2 amide bonds. The number of carbonyl (C=O) groups excluding carboxylic acids is 2. The molecule has 0 unspecified atom stereocenters. The van der Waals surface area contributed by atoms with E-state index in [0.29, 0.717) is 23.0 Å². The summed E-state index contributed by atoms with van der Waals surface area (Å²) < 4.78 is 0.684. The van der Waals surface area contributed by atoms with Crippen LogP contribution in [0.25, 0.3) is 0 Å². The standard InChI is InChI=1S/C19H21ClN2O2S/c1-4-7-22(12-16-5-6-17(20)25-16)18(23)11-21-19(24)15-9-13(2)8-14(3)10-15/h4-6,8-10H,1,7,11-12H2,2-3H3,(H,21,24). The third kappa shape index (κ3) is 5.73. The van der Waals surface area contributed by atoms with E-state index < -0.39 is 0 Å². The van der Waals surface area contributed by atoms with Crippen molar-refractivity contribution in [3.05, 3.63) is 68.9 Å². The molecule has 1 N–H and O–H groups in total. The molecule has 0 aliphatic heterocycles. The van der Waals surface area contributed by atoms with Crippen LogP contribution in [0.1, 0.15) is 26.4 Å². The largest absolute Gasteiger partial charge is 0.343 e.